The average Bonchev–Trinajstić information content (AvgIpc) is 2.60. The lowest BCUT2D eigenvalue weighted by molar-refractivity contribution is -0.142. The Labute approximate surface area is 148 Å². The molecule has 6 heteroatoms. The first kappa shape index (κ1) is 17.7. The molecule has 124 valence electrons. The molecule has 0 radical (unpaired) electrons. The first-order valence-corrected chi connectivity index (χ1v) is 7.91. The van der Waals surface area contributed by atoms with Crippen LogP contribution in [0.2, 0.25) is 0 Å². The minimum absolute atomic E-state index is 0.356. The van der Waals surface area contributed by atoms with Gasteiger partial charge in [0.1, 0.15) is 5.75 Å². The van der Waals surface area contributed by atoms with Gasteiger partial charge in [-0.3, -0.25) is 4.79 Å². The van der Waals surface area contributed by atoms with E-state index in [-0.39, 0.29) is 6.61 Å². The lowest BCUT2D eigenvalue weighted by Crippen LogP contribution is -2.20. The number of nitrogens with one attached hydrogen (secondary N) is 1. The van der Waals surface area contributed by atoms with Crippen LogP contribution in [0.4, 0.5) is 5.69 Å². The predicted molar refractivity (Wildman–Crippen MR) is 95.8 cm³/mol. The third-order valence-electron chi connectivity index (χ3n) is 3.01. The van der Waals surface area contributed by atoms with Crippen LogP contribution in [0, 0.1) is 0 Å². The number of anilines is 1. The normalized spacial score (nSPS) is 10.4. The van der Waals surface area contributed by atoms with Gasteiger partial charge in [-0.15, -0.1) is 0 Å². The van der Waals surface area contributed by atoms with Gasteiger partial charge < -0.3 is 14.8 Å². The van der Waals surface area contributed by atoms with Gasteiger partial charge in [0, 0.05) is 21.8 Å². The van der Waals surface area contributed by atoms with Crippen molar-refractivity contribution in [1.82, 2.24) is 0 Å². The fourth-order valence-electron chi connectivity index (χ4n) is 1.88. The van der Waals surface area contributed by atoms with E-state index in [1.807, 2.05) is 18.2 Å². The molecule has 0 aromatic heterocycles. The molecule has 1 N–H and O–H groups in total. The van der Waals surface area contributed by atoms with Crippen molar-refractivity contribution in [1.29, 1.82) is 0 Å². The van der Waals surface area contributed by atoms with Crippen molar-refractivity contribution in [2.24, 2.45) is 0 Å². The van der Waals surface area contributed by atoms with Crippen LogP contribution < -0.4 is 10.1 Å². The van der Waals surface area contributed by atoms with Gasteiger partial charge in [0.15, 0.2) is 6.61 Å². The third-order valence-corrected chi connectivity index (χ3v) is 3.54. The zero-order valence-corrected chi connectivity index (χ0v) is 14.6. The molecule has 0 atom stereocenters. The van der Waals surface area contributed by atoms with Gasteiger partial charge in [-0.05, 0) is 36.4 Å². The van der Waals surface area contributed by atoms with Crippen LogP contribution in [0.5, 0.6) is 5.75 Å². The molecule has 0 aliphatic carbocycles. The van der Waals surface area contributed by atoms with Crippen molar-refractivity contribution in [3.8, 4) is 5.75 Å². The van der Waals surface area contributed by atoms with Crippen LogP contribution in [0.15, 0.2) is 59.1 Å². The van der Waals surface area contributed by atoms with E-state index in [0.717, 1.165) is 10.0 Å². The number of benzene rings is 2. The molecule has 2 aromatic rings. The number of carbonyl (C=O) groups excluding carboxylic acids is 2. The number of rotatable bonds is 6. The fraction of sp³-hybridized carbons (Fsp3) is 0.111. The second kappa shape index (κ2) is 8.88. The van der Waals surface area contributed by atoms with Crippen molar-refractivity contribution >= 4 is 39.6 Å². The summed E-state index contributed by atoms with van der Waals surface area (Å²) >= 11 is 3.31. The van der Waals surface area contributed by atoms with Gasteiger partial charge in [0.2, 0.25) is 0 Å². The Morgan fingerprint density at radius 1 is 1.12 bits per heavy atom. The Kier molecular flexibility index (Phi) is 6.57. The summed E-state index contributed by atoms with van der Waals surface area (Å²) in [5.41, 5.74) is 1.38. The largest absolute Gasteiger partial charge is 0.496 e. The number of ether oxygens (including phenoxy) is 2. The first-order chi connectivity index (χ1) is 11.6. The topological polar surface area (TPSA) is 64.6 Å². The number of esters is 1. The Bertz CT molecular complexity index is 741. The quantitative estimate of drug-likeness (QED) is 0.604. The summed E-state index contributed by atoms with van der Waals surface area (Å²) in [5.74, 6) is -0.363. The molecule has 24 heavy (non-hydrogen) atoms. The van der Waals surface area contributed by atoms with Crippen LogP contribution in [-0.2, 0) is 14.3 Å². The van der Waals surface area contributed by atoms with Gasteiger partial charge in [-0.1, -0.05) is 34.1 Å². The van der Waals surface area contributed by atoms with Gasteiger partial charge in [-0.2, -0.15) is 0 Å². The molecule has 1 amide bonds. The predicted octanol–water partition coefficient (Wildman–Crippen LogP) is 3.65. The summed E-state index contributed by atoms with van der Waals surface area (Å²) in [7, 11) is 1.55. The Morgan fingerprint density at radius 2 is 1.83 bits per heavy atom. The van der Waals surface area contributed by atoms with Crippen LogP contribution >= 0.6 is 15.9 Å². The summed E-state index contributed by atoms with van der Waals surface area (Å²) in [5, 5.41) is 2.64. The van der Waals surface area contributed by atoms with E-state index in [0.29, 0.717) is 11.4 Å². The maximum Gasteiger partial charge on any atom is 0.331 e. The molecule has 0 aliphatic heterocycles. The lowest BCUT2D eigenvalue weighted by Gasteiger charge is -2.06. The summed E-state index contributed by atoms with van der Waals surface area (Å²) in [4.78, 5) is 23.4. The molecule has 5 nitrogen and oxygen atoms in total. The summed E-state index contributed by atoms with van der Waals surface area (Å²) in [6, 6.07) is 14.4. The molecule has 2 aromatic carbocycles. The van der Waals surface area contributed by atoms with Crippen molar-refractivity contribution in [3.05, 3.63) is 64.6 Å². The highest BCUT2D eigenvalue weighted by molar-refractivity contribution is 9.10. The summed E-state index contributed by atoms with van der Waals surface area (Å²) in [6.45, 7) is -0.356. The van der Waals surface area contributed by atoms with Crippen molar-refractivity contribution < 1.29 is 19.1 Å². The number of halogens is 1. The van der Waals surface area contributed by atoms with Crippen molar-refractivity contribution in [2.45, 2.75) is 0 Å². The zero-order chi connectivity index (χ0) is 17.4. The monoisotopic (exact) mass is 389 g/mol. The summed E-state index contributed by atoms with van der Waals surface area (Å²) < 4.78 is 11.0. The smallest absolute Gasteiger partial charge is 0.331 e. The highest BCUT2D eigenvalue weighted by atomic mass is 79.9. The molecule has 0 fully saturated rings. The SMILES string of the molecule is COc1ccccc1/C=C/C(=O)OCC(=O)Nc1ccc(Br)cc1. The van der Waals surface area contributed by atoms with E-state index in [9.17, 15) is 9.59 Å². The van der Waals surface area contributed by atoms with E-state index in [1.54, 1.807) is 43.5 Å². The minimum atomic E-state index is -0.605. The van der Waals surface area contributed by atoms with Crippen LogP contribution in [0.25, 0.3) is 6.08 Å². The number of hydrogen-bond acceptors (Lipinski definition) is 4. The molecule has 2 rings (SSSR count). The maximum atomic E-state index is 11.7. The molecule has 0 heterocycles. The molecular formula is C18H16BrNO4. The standard InChI is InChI=1S/C18H16BrNO4/c1-23-16-5-3-2-4-13(16)6-11-18(22)24-12-17(21)20-15-9-7-14(19)8-10-15/h2-11H,12H2,1H3,(H,20,21)/b11-6+. The number of methoxy groups -OCH3 is 1. The van der Waals surface area contributed by atoms with Gasteiger partial charge in [0.25, 0.3) is 5.91 Å². The van der Waals surface area contributed by atoms with Crippen LogP contribution in [0.1, 0.15) is 5.56 Å². The lowest BCUT2D eigenvalue weighted by atomic mass is 10.2. The molecule has 0 unspecified atom stereocenters. The summed E-state index contributed by atoms with van der Waals surface area (Å²) in [6.07, 6.45) is 2.83. The molecular weight excluding hydrogens is 374 g/mol. The Morgan fingerprint density at radius 3 is 2.54 bits per heavy atom. The number of amides is 1. The van der Waals surface area contributed by atoms with E-state index in [1.165, 1.54) is 6.08 Å². The molecule has 0 aliphatic rings. The fourth-order valence-corrected chi connectivity index (χ4v) is 2.14. The number of carbonyl (C=O) groups is 2. The molecule has 0 saturated heterocycles. The van der Waals surface area contributed by atoms with Crippen molar-refractivity contribution in [2.75, 3.05) is 19.0 Å². The average molecular weight is 390 g/mol. The van der Waals surface area contributed by atoms with Gasteiger partial charge in [-0.25, -0.2) is 4.79 Å². The second-order valence-electron chi connectivity index (χ2n) is 4.74. The molecule has 0 saturated carbocycles. The third kappa shape index (κ3) is 5.55. The van der Waals surface area contributed by atoms with Gasteiger partial charge in [0.05, 0.1) is 7.11 Å². The molecule has 0 spiro atoms. The Balaban J connectivity index is 1.83. The van der Waals surface area contributed by atoms with E-state index < -0.39 is 11.9 Å². The second-order valence-corrected chi connectivity index (χ2v) is 5.65. The molecule has 0 bridgehead atoms. The van der Waals surface area contributed by atoms with Crippen LogP contribution in [0.3, 0.4) is 0 Å². The number of hydrogen-bond donors (Lipinski definition) is 1. The highest BCUT2D eigenvalue weighted by Crippen LogP contribution is 2.18. The Hall–Kier alpha value is -2.60. The van der Waals surface area contributed by atoms with E-state index in [4.69, 9.17) is 9.47 Å². The minimum Gasteiger partial charge on any atom is -0.496 e. The zero-order valence-electron chi connectivity index (χ0n) is 13.0. The van der Waals surface area contributed by atoms with Crippen LogP contribution in [-0.4, -0.2) is 25.6 Å². The maximum absolute atomic E-state index is 11.7. The van der Waals surface area contributed by atoms with Gasteiger partial charge >= 0.3 is 5.97 Å². The first-order valence-electron chi connectivity index (χ1n) is 7.12. The van der Waals surface area contributed by atoms with E-state index in [2.05, 4.69) is 21.2 Å². The highest BCUT2D eigenvalue weighted by Gasteiger charge is 2.06. The van der Waals surface area contributed by atoms with E-state index >= 15 is 0 Å². The van der Waals surface area contributed by atoms with Crippen molar-refractivity contribution in [3.63, 3.8) is 0 Å². The number of para-hydroxylation sites is 1.